The summed E-state index contributed by atoms with van der Waals surface area (Å²) >= 11 is 0. The molecule has 0 heterocycles. The van der Waals surface area contributed by atoms with Gasteiger partial charge in [-0.3, -0.25) is 10.0 Å². The van der Waals surface area contributed by atoms with Crippen molar-refractivity contribution in [2.75, 3.05) is 0 Å². The van der Waals surface area contributed by atoms with Gasteiger partial charge in [0.15, 0.2) is 0 Å². The number of hydrazine groups is 1. The Bertz CT molecular complexity index is 269. The molecule has 0 saturated carbocycles. The van der Waals surface area contributed by atoms with Crippen molar-refractivity contribution in [2.24, 2.45) is 16.3 Å². The Kier molecular flexibility index (Phi) is 3.94. The fourth-order valence-corrected chi connectivity index (χ4v) is 1.08. The molecule has 3 N–H and O–H groups in total. The SMILES string of the molecule is C=N/C(=C(/O)N(N)C(C)(C)C)C(C)(C)C. The number of nitrogens with two attached hydrogens (primary N) is 1. The molecule has 0 bridgehead atoms. The minimum absolute atomic E-state index is 0.0231. The van der Waals surface area contributed by atoms with Crippen molar-refractivity contribution in [3.05, 3.63) is 11.6 Å². The number of hydrogen-bond acceptors (Lipinski definition) is 4. The van der Waals surface area contributed by atoms with Crippen molar-refractivity contribution in [3.8, 4) is 0 Å². The van der Waals surface area contributed by atoms with E-state index >= 15 is 0 Å². The molecule has 0 radical (unpaired) electrons. The van der Waals surface area contributed by atoms with E-state index in [1.165, 1.54) is 5.01 Å². The molecule has 0 atom stereocenters. The fourth-order valence-electron chi connectivity index (χ4n) is 1.08. The molecule has 0 rings (SSSR count). The third-order valence-corrected chi connectivity index (χ3v) is 2.03. The van der Waals surface area contributed by atoms with Gasteiger partial charge in [0.25, 0.3) is 0 Å². The third kappa shape index (κ3) is 3.55. The summed E-state index contributed by atoms with van der Waals surface area (Å²) < 4.78 is 0. The summed E-state index contributed by atoms with van der Waals surface area (Å²) in [6.07, 6.45) is 0. The van der Waals surface area contributed by atoms with E-state index in [1.807, 2.05) is 41.5 Å². The number of aliphatic imine (C=N–C) groups is 1. The highest BCUT2D eigenvalue weighted by atomic mass is 16.3. The van der Waals surface area contributed by atoms with Crippen molar-refractivity contribution in [1.82, 2.24) is 5.01 Å². The van der Waals surface area contributed by atoms with Crippen molar-refractivity contribution in [1.29, 1.82) is 0 Å². The molecule has 0 saturated heterocycles. The number of allylic oxidation sites excluding steroid dienone is 1. The van der Waals surface area contributed by atoms with Crippen LogP contribution in [0.5, 0.6) is 0 Å². The Hall–Kier alpha value is -1.03. The first-order chi connectivity index (χ1) is 6.51. The van der Waals surface area contributed by atoms with E-state index in [1.54, 1.807) is 0 Å². The maximum Gasteiger partial charge on any atom is 0.224 e. The molecule has 0 aromatic carbocycles. The maximum absolute atomic E-state index is 10.00. The standard InChI is InChI=1S/C11H23N3O/c1-10(2,3)8(13-7)9(15)14(12)11(4,5)6/h15H,7,12H2,1-6H3/b9-8+. The lowest BCUT2D eigenvalue weighted by atomic mass is 9.92. The zero-order valence-electron chi connectivity index (χ0n) is 10.6. The second-order valence-corrected chi connectivity index (χ2v) is 5.62. The summed E-state index contributed by atoms with van der Waals surface area (Å²) in [6.45, 7) is 15.0. The van der Waals surface area contributed by atoms with E-state index in [9.17, 15) is 5.11 Å². The average Bonchev–Trinajstić information content (AvgIpc) is 1.99. The first kappa shape index (κ1) is 14.0. The number of aliphatic hydroxyl groups is 1. The van der Waals surface area contributed by atoms with Crippen molar-refractivity contribution in [3.63, 3.8) is 0 Å². The van der Waals surface area contributed by atoms with Crippen LogP contribution < -0.4 is 5.84 Å². The summed E-state index contributed by atoms with van der Waals surface area (Å²) in [4.78, 5) is 3.85. The van der Waals surface area contributed by atoms with Gasteiger partial charge in [-0.25, -0.2) is 5.84 Å². The van der Waals surface area contributed by atoms with E-state index in [0.29, 0.717) is 5.70 Å². The highest BCUT2D eigenvalue weighted by molar-refractivity contribution is 5.31. The molecule has 0 fully saturated rings. The molecule has 88 valence electrons. The van der Waals surface area contributed by atoms with Crippen LogP contribution in [0.2, 0.25) is 0 Å². The molecular weight excluding hydrogens is 190 g/mol. The lowest BCUT2D eigenvalue weighted by molar-refractivity contribution is 0.0992. The molecule has 0 amide bonds. The van der Waals surface area contributed by atoms with E-state index in [4.69, 9.17) is 5.84 Å². The topological polar surface area (TPSA) is 61.9 Å². The van der Waals surface area contributed by atoms with E-state index in [-0.39, 0.29) is 16.8 Å². The smallest absolute Gasteiger partial charge is 0.224 e. The van der Waals surface area contributed by atoms with Crippen LogP contribution in [0.15, 0.2) is 16.6 Å². The molecular formula is C11H23N3O. The summed E-state index contributed by atoms with van der Waals surface area (Å²) in [7, 11) is 0. The molecule has 0 aliphatic rings. The van der Waals surface area contributed by atoms with Crippen LogP contribution in [0.1, 0.15) is 41.5 Å². The Morgan fingerprint density at radius 1 is 1.20 bits per heavy atom. The van der Waals surface area contributed by atoms with Crippen molar-refractivity contribution < 1.29 is 5.11 Å². The largest absolute Gasteiger partial charge is 0.492 e. The van der Waals surface area contributed by atoms with Crippen LogP contribution in [-0.4, -0.2) is 22.4 Å². The minimum atomic E-state index is -0.356. The van der Waals surface area contributed by atoms with Crippen LogP contribution in [0.3, 0.4) is 0 Å². The molecule has 4 nitrogen and oxygen atoms in total. The monoisotopic (exact) mass is 213 g/mol. The number of nitrogens with zero attached hydrogens (tertiary/aromatic N) is 2. The van der Waals surface area contributed by atoms with Gasteiger partial charge in [-0.15, -0.1) is 0 Å². The van der Waals surface area contributed by atoms with Gasteiger partial charge in [0.1, 0.15) is 5.70 Å². The maximum atomic E-state index is 10.00. The molecule has 0 aliphatic heterocycles. The molecule has 0 spiro atoms. The molecule has 0 aliphatic carbocycles. The second kappa shape index (κ2) is 4.23. The molecule has 0 unspecified atom stereocenters. The summed E-state index contributed by atoms with van der Waals surface area (Å²) in [5.74, 6) is 5.78. The van der Waals surface area contributed by atoms with E-state index in [2.05, 4.69) is 11.7 Å². The van der Waals surface area contributed by atoms with Crippen molar-refractivity contribution >= 4 is 6.72 Å². The highest BCUT2D eigenvalue weighted by Gasteiger charge is 2.27. The summed E-state index contributed by atoms with van der Waals surface area (Å²) in [5.41, 5.74) is -0.139. The zero-order valence-corrected chi connectivity index (χ0v) is 10.6. The number of aliphatic hydroxyl groups excluding tert-OH is 1. The van der Waals surface area contributed by atoms with Gasteiger partial charge in [-0.2, -0.15) is 0 Å². The first-order valence-corrected chi connectivity index (χ1v) is 4.97. The third-order valence-electron chi connectivity index (χ3n) is 2.03. The van der Waals surface area contributed by atoms with Crippen LogP contribution in [-0.2, 0) is 0 Å². The minimum Gasteiger partial charge on any atom is -0.492 e. The van der Waals surface area contributed by atoms with Gasteiger partial charge in [0.2, 0.25) is 5.88 Å². The van der Waals surface area contributed by atoms with Gasteiger partial charge in [0.05, 0.1) is 5.54 Å². The normalized spacial score (nSPS) is 14.6. The zero-order chi connectivity index (χ0) is 12.4. The first-order valence-electron chi connectivity index (χ1n) is 4.97. The lowest BCUT2D eigenvalue weighted by Crippen LogP contribution is -2.46. The Morgan fingerprint density at radius 3 is 1.80 bits per heavy atom. The molecule has 15 heavy (non-hydrogen) atoms. The molecule has 0 aromatic rings. The van der Waals surface area contributed by atoms with Gasteiger partial charge in [0, 0.05) is 5.41 Å². The number of hydrogen-bond donors (Lipinski definition) is 2. The average molecular weight is 213 g/mol. The van der Waals surface area contributed by atoms with E-state index in [0.717, 1.165) is 0 Å². The summed E-state index contributed by atoms with van der Waals surface area (Å²) in [5, 5.41) is 11.3. The summed E-state index contributed by atoms with van der Waals surface area (Å²) in [6, 6.07) is 0. The highest BCUT2D eigenvalue weighted by Crippen LogP contribution is 2.30. The van der Waals surface area contributed by atoms with Crippen LogP contribution in [0, 0.1) is 5.41 Å². The van der Waals surface area contributed by atoms with Gasteiger partial charge in [-0.05, 0) is 27.5 Å². The fraction of sp³-hybridized carbons (Fsp3) is 0.727. The van der Waals surface area contributed by atoms with Crippen LogP contribution >= 0.6 is 0 Å². The quantitative estimate of drug-likeness (QED) is 0.320. The predicted octanol–water partition coefficient (Wildman–Crippen LogP) is 2.43. The van der Waals surface area contributed by atoms with Gasteiger partial charge >= 0.3 is 0 Å². The van der Waals surface area contributed by atoms with Gasteiger partial charge < -0.3 is 5.11 Å². The lowest BCUT2D eigenvalue weighted by Gasteiger charge is -2.34. The molecule has 4 heteroatoms. The Morgan fingerprint density at radius 2 is 1.60 bits per heavy atom. The predicted molar refractivity (Wildman–Crippen MR) is 64.4 cm³/mol. The Balaban J connectivity index is 5.32. The Labute approximate surface area is 92.5 Å². The van der Waals surface area contributed by atoms with Crippen LogP contribution in [0.25, 0.3) is 0 Å². The van der Waals surface area contributed by atoms with E-state index < -0.39 is 0 Å². The van der Waals surface area contributed by atoms with Crippen LogP contribution in [0.4, 0.5) is 0 Å². The second-order valence-electron chi connectivity index (χ2n) is 5.62. The number of rotatable bonds is 2. The van der Waals surface area contributed by atoms with Gasteiger partial charge in [-0.1, -0.05) is 20.8 Å². The molecule has 0 aromatic heterocycles. The van der Waals surface area contributed by atoms with Crippen molar-refractivity contribution in [2.45, 2.75) is 47.1 Å².